The van der Waals surface area contributed by atoms with E-state index in [1.165, 1.54) is 26.1 Å². The first kappa shape index (κ1) is 13.9. The third-order valence-corrected chi connectivity index (χ3v) is 3.55. The van der Waals surface area contributed by atoms with Gasteiger partial charge in [0.15, 0.2) is 0 Å². The standard InChI is InChI=1S/C12H27N3O/c1-3-7-15-8-4-12(11-13,5-9-15)14-6-10-16-2/h14H,3-11,13H2,1-2H3. The van der Waals surface area contributed by atoms with Crippen molar-refractivity contribution >= 4 is 0 Å². The zero-order chi connectivity index (χ0) is 11.9. The molecule has 1 rings (SSSR count). The minimum Gasteiger partial charge on any atom is -0.383 e. The zero-order valence-electron chi connectivity index (χ0n) is 10.8. The van der Waals surface area contributed by atoms with Crippen molar-refractivity contribution in [2.45, 2.75) is 31.7 Å². The minimum atomic E-state index is 0.156. The molecule has 1 aliphatic heterocycles. The maximum atomic E-state index is 5.92. The molecule has 1 aliphatic rings. The van der Waals surface area contributed by atoms with Gasteiger partial charge in [-0.15, -0.1) is 0 Å². The third-order valence-electron chi connectivity index (χ3n) is 3.55. The molecule has 0 spiro atoms. The van der Waals surface area contributed by atoms with Gasteiger partial charge in [0.25, 0.3) is 0 Å². The molecule has 0 atom stereocenters. The Labute approximate surface area is 99.5 Å². The van der Waals surface area contributed by atoms with Gasteiger partial charge in [0.1, 0.15) is 0 Å². The lowest BCUT2D eigenvalue weighted by molar-refractivity contribution is 0.125. The summed E-state index contributed by atoms with van der Waals surface area (Å²) in [5, 5.41) is 3.57. The number of piperidine rings is 1. The van der Waals surface area contributed by atoms with E-state index in [1.54, 1.807) is 7.11 Å². The van der Waals surface area contributed by atoms with Crippen LogP contribution in [0.25, 0.3) is 0 Å². The van der Waals surface area contributed by atoms with Gasteiger partial charge in [-0.2, -0.15) is 0 Å². The van der Waals surface area contributed by atoms with Crippen LogP contribution in [0.1, 0.15) is 26.2 Å². The van der Waals surface area contributed by atoms with E-state index in [9.17, 15) is 0 Å². The van der Waals surface area contributed by atoms with Crippen LogP contribution in [0.15, 0.2) is 0 Å². The molecule has 0 aromatic rings. The summed E-state index contributed by atoms with van der Waals surface area (Å²) in [5.74, 6) is 0. The van der Waals surface area contributed by atoms with Gasteiger partial charge in [-0.3, -0.25) is 0 Å². The highest BCUT2D eigenvalue weighted by molar-refractivity contribution is 4.94. The molecule has 1 fully saturated rings. The molecular weight excluding hydrogens is 202 g/mol. The van der Waals surface area contributed by atoms with Crippen molar-refractivity contribution in [3.8, 4) is 0 Å². The fourth-order valence-corrected chi connectivity index (χ4v) is 2.39. The summed E-state index contributed by atoms with van der Waals surface area (Å²) in [6, 6.07) is 0. The van der Waals surface area contributed by atoms with Crippen LogP contribution in [0.2, 0.25) is 0 Å². The largest absolute Gasteiger partial charge is 0.383 e. The second-order valence-corrected chi connectivity index (χ2v) is 4.75. The molecule has 1 saturated heterocycles. The second kappa shape index (κ2) is 7.22. The number of hydrogen-bond acceptors (Lipinski definition) is 4. The molecule has 4 heteroatoms. The van der Waals surface area contributed by atoms with Crippen LogP contribution in [-0.4, -0.2) is 56.9 Å². The number of hydrogen-bond donors (Lipinski definition) is 2. The predicted octanol–water partition coefficient (Wildman–Crippen LogP) is 0.426. The van der Waals surface area contributed by atoms with Crippen molar-refractivity contribution in [1.29, 1.82) is 0 Å². The summed E-state index contributed by atoms with van der Waals surface area (Å²) in [7, 11) is 1.74. The zero-order valence-corrected chi connectivity index (χ0v) is 10.8. The number of likely N-dealkylation sites (tertiary alicyclic amines) is 1. The van der Waals surface area contributed by atoms with Crippen LogP contribution in [0.5, 0.6) is 0 Å². The van der Waals surface area contributed by atoms with Crippen molar-refractivity contribution in [3.63, 3.8) is 0 Å². The molecule has 96 valence electrons. The van der Waals surface area contributed by atoms with Crippen LogP contribution >= 0.6 is 0 Å². The number of rotatable bonds is 7. The van der Waals surface area contributed by atoms with E-state index in [1.807, 2.05) is 0 Å². The van der Waals surface area contributed by atoms with Crippen molar-refractivity contribution in [2.24, 2.45) is 5.73 Å². The number of methoxy groups -OCH3 is 1. The summed E-state index contributed by atoms with van der Waals surface area (Å²) < 4.78 is 5.07. The van der Waals surface area contributed by atoms with E-state index >= 15 is 0 Å². The number of nitrogens with two attached hydrogens (primary N) is 1. The summed E-state index contributed by atoms with van der Waals surface area (Å²) in [6.45, 7) is 8.20. The lowest BCUT2D eigenvalue weighted by atomic mass is 9.87. The molecule has 0 unspecified atom stereocenters. The Balaban J connectivity index is 2.32. The van der Waals surface area contributed by atoms with Crippen LogP contribution in [0.3, 0.4) is 0 Å². The Kier molecular flexibility index (Phi) is 6.28. The van der Waals surface area contributed by atoms with Crippen molar-refractivity contribution in [2.75, 3.05) is 46.4 Å². The summed E-state index contributed by atoms with van der Waals surface area (Å²) in [4.78, 5) is 2.53. The fourth-order valence-electron chi connectivity index (χ4n) is 2.39. The number of nitrogens with one attached hydrogen (secondary N) is 1. The predicted molar refractivity (Wildman–Crippen MR) is 67.6 cm³/mol. The Morgan fingerprint density at radius 3 is 2.56 bits per heavy atom. The molecular formula is C12H27N3O. The first-order valence-corrected chi connectivity index (χ1v) is 6.43. The van der Waals surface area contributed by atoms with Gasteiger partial charge in [-0.05, 0) is 38.9 Å². The lowest BCUT2D eigenvalue weighted by Gasteiger charge is -2.42. The minimum absolute atomic E-state index is 0.156. The normalized spacial score (nSPS) is 21.2. The molecule has 0 saturated carbocycles. The summed E-state index contributed by atoms with van der Waals surface area (Å²) in [5.41, 5.74) is 6.07. The monoisotopic (exact) mass is 229 g/mol. The topological polar surface area (TPSA) is 50.5 Å². The molecule has 0 bridgehead atoms. The first-order valence-electron chi connectivity index (χ1n) is 6.43. The second-order valence-electron chi connectivity index (χ2n) is 4.75. The first-order chi connectivity index (χ1) is 7.76. The molecule has 0 amide bonds. The molecule has 3 N–H and O–H groups in total. The van der Waals surface area contributed by atoms with Gasteiger partial charge >= 0.3 is 0 Å². The molecule has 0 aromatic carbocycles. The van der Waals surface area contributed by atoms with Crippen molar-refractivity contribution < 1.29 is 4.74 Å². The molecule has 0 aliphatic carbocycles. The maximum Gasteiger partial charge on any atom is 0.0587 e. The van der Waals surface area contributed by atoms with Gasteiger partial charge in [0.2, 0.25) is 0 Å². The highest BCUT2D eigenvalue weighted by atomic mass is 16.5. The van der Waals surface area contributed by atoms with Gasteiger partial charge in [-0.25, -0.2) is 0 Å². The smallest absolute Gasteiger partial charge is 0.0587 e. The highest BCUT2D eigenvalue weighted by Gasteiger charge is 2.32. The maximum absolute atomic E-state index is 5.92. The van der Waals surface area contributed by atoms with E-state index in [-0.39, 0.29) is 5.54 Å². The lowest BCUT2D eigenvalue weighted by Crippen LogP contribution is -2.58. The number of nitrogens with zero attached hydrogens (tertiary/aromatic N) is 1. The van der Waals surface area contributed by atoms with E-state index in [0.717, 1.165) is 32.5 Å². The van der Waals surface area contributed by atoms with Gasteiger partial charge < -0.3 is 20.7 Å². The third kappa shape index (κ3) is 4.01. The molecule has 4 nitrogen and oxygen atoms in total. The Morgan fingerprint density at radius 1 is 1.38 bits per heavy atom. The van der Waals surface area contributed by atoms with Crippen molar-refractivity contribution in [1.82, 2.24) is 10.2 Å². The van der Waals surface area contributed by atoms with Crippen LogP contribution in [0.4, 0.5) is 0 Å². The van der Waals surface area contributed by atoms with E-state index in [0.29, 0.717) is 0 Å². The average molecular weight is 229 g/mol. The van der Waals surface area contributed by atoms with Crippen LogP contribution in [0, 0.1) is 0 Å². The Hall–Kier alpha value is -0.160. The van der Waals surface area contributed by atoms with E-state index in [4.69, 9.17) is 10.5 Å². The van der Waals surface area contributed by atoms with Gasteiger partial charge in [-0.1, -0.05) is 6.92 Å². The molecule has 1 heterocycles. The van der Waals surface area contributed by atoms with Crippen LogP contribution in [-0.2, 0) is 4.74 Å². The van der Waals surface area contributed by atoms with E-state index < -0.39 is 0 Å². The highest BCUT2D eigenvalue weighted by Crippen LogP contribution is 2.21. The molecule has 0 aromatic heterocycles. The van der Waals surface area contributed by atoms with Gasteiger partial charge in [0, 0.05) is 25.7 Å². The summed E-state index contributed by atoms with van der Waals surface area (Å²) in [6.07, 6.45) is 3.56. The molecule has 16 heavy (non-hydrogen) atoms. The number of ether oxygens (including phenoxy) is 1. The average Bonchev–Trinajstić information content (AvgIpc) is 2.32. The van der Waals surface area contributed by atoms with Crippen molar-refractivity contribution in [3.05, 3.63) is 0 Å². The van der Waals surface area contributed by atoms with Gasteiger partial charge in [0.05, 0.1) is 6.61 Å². The van der Waals surface area contributed by atoms with Crippen LogP contribution < -0.4 is 11.1 Å². The Morgan fingerprint density at radius 2 is 2.06 bits per heavy atom. The van der Waals surface area contributed by atoms with E-state index in [2.05, 4.69) is 17.1 Å². The SMILES string of the molecule is CCCN1CCC(CN)(NCCOC)CC1. The molecule has 0 radical (unpaired) electrons. The quantitative estimate of drug-likeness (QED) is 0.622. The fraction of sp³-hybridized carbons (Fsp3) is 1.00. The summed E-state index contributed by atoms with van der Waals surface area (Å²) >= 11 is 0. The Bertz CT molecular complexity index is 179.